The van der Waals surface area contributed by atoms with Gasteiger partial charge in [0.2, 0.25) is 0 Å². The molecule has 2 heteroatoms. The predicted molar refractivity (Wildman–Crippen MR) is 59.0 cm³/mol. The van der Waals surface area contributed by atoms with Crippen LogP contribution in [0.15, 0.2) is 34.8 Å². The number of hydrogen-bond donors (Lipinski definition) is 1. The lowest BCUT2D eigenvalue weighted by Gasteiger charge is -2.02. The molecule has 1 aliphatic heterocycles. The van der Waals surface area contributed by atoms with Crippen molar-refractivity contribution in [2.75, 3.05) is 5.32 Å². The zero-order valence-corrected chi connectivity index (χ0v) is 8.56. The molecule has 2 aromatic rings. The van der Waals surface area contributed by atoms with Crippen LogP contribution in [0.25, 0.3) is 10.8 Å². The van der Waals surface area contributed by atoms with Gasteiger partial charge in [0.1, 0.15) is 0 Å². The molecule has 0 spiro atoms. The Labute approximate surface area is 84.9 Å². The van der Waals surface area contributed by atoms with E-state index in [1.54, 1.807) is 0 Å². The third kappa shape index (κ3) is 0.923. The smallest absolute Gasteiger partial charge is 0.0426 e. The molecule has 0 amide bonds. The Kier molecular flexibility index (Phi) is 1.41. The maximum absolute atomic E-state index is 3.57. The minimum absolute atomic E-state index is 0.961. The average Bonchev–Trinajstić information content (AvgIpc) is 2.57. The maximum atomic E-state index is 3.57. The summed E-state index contributed by atoms with van der Waals surface area (Å²) in [7, 11) is 0. The van der Waals surface area contributed by atoms with Crippen LogP contribution in [0.3, 0.4) is 0 Å². The summed E-state index contributed by atoms with van der Waals surface area (Å²) in [6, 6.07) is 10.7. The fourth-order valence-corrected chi connectivity index (χ4v) is 2.39. The number of nitrogens with one attached hydrogen (secondary N) is 1. The number of benzene rings is 2. The van der Waals surface area contributed by atoms with Crippen molar-refractivity contribution < 1.29 is 0 Å². The minimum atomic E-state index is 0.961. The summed E-state index contributed by atoms with van der Waals surface area (Å²) >= 11 is 3.57. The molecule has 1 heterocycles. The van der Waals surface area contributed by atoms with Gasteiger partial charge >= 0.3 is 0 Å². The lowest BCUT2D eigenvalue weighted by Crippen LogP contribution is -1.87. The van der Waals surface area contributed by atoms with Crippen LogP contribution in [0.1, 0.15) is 5.56 Å². The highest BCUT2D eigenvalue weighted by atomic mass is 79.9. The van der Waals surface area contributed by atoms with Gasteiger partial charge in [0.15, 0.2) is 0 Å². The molecule has 0 aromatic heterocycles. The second kappa shape index (κ2) is 2.48. The van der Waals surface area contributed by atoms with Gasteiger partial charge in [-0.1, -0.05) is 34.1 Å². The van der Waals surface area contributed by atoms with Crippen molar-refractivity contribution in [3.05, 3.63) is 40.4 Å². The van der Waals surface area contributed by atoms with Crippen molar-refractivity contribution in [1.29, 1.82) is 0 Å². The van der Waals surface area contributed by atoms with Gasteiger partial charge in [-0.2, -0.15) is 0 Å². The van der Waals surface area contributed by atoms with Crippen molar-refractivity contribution in [2.24, 2.45) is 0 Å². The average molecular weight is 234 g/mol. The van der Waals surface area contributed by atoms with Gasteiger partial charge in [-0.15, -0.1) is 0 Å². The van der Waals surface area contributed by atoms with Crippen molar-refractivity contribution in [3.63, 3.8) is 0 Å². The first-order chi connectivity index (χ1) is 6.36. The number of anilines is 1. The molecule has 1 N–H and O–H groups in total. The Bertz CT molecular complexity index is 480. The lowest BCUT2D eigenvalue weighted by molar-refractivity contribution is 1.22. The summed E-state index contributed by atoms with van der Waals surface area (Å²) in [5, 5.41) is 6.06. The van der Waals surface area contributed by atoms with Crippen LogP contribution in [0.2, 0.25) is 0 Å². The summed E-state index contributed by atoms with van der Waals surface area (Å²) in [6.45, 7) is 0.961. The molecule has 1 nitrogen and oxygen atoms in total. The normalized spacial score (nSPS) is 13.3. The quantitative estimate of drug-likeness (QED) is 0.735. The molecule has 0 aliphatic carbocycles. The van der Waals surface area contributed by atoms with Crippen LogP contribution in [-0.2, 0) is 6.54 Å². The maximum Gasteiger partial charge on any atom is 0.0426 e. The van der Waals surface area contributed by atoms with Crippen molar-refractivity contribution in [1.82, 2.24) is 0 Å². The van der Waals surface area contributed by atoms with Crippen molar-refractivity contribution in [2.45, 2.75) is 6.54 Å². The number of rotatable bonds is 0. The molecule has 0 saturated heterocycles. The summed E-state index contributed by atoms with van der Waals surface area (Å²) < 4.78 is 1.18. The van der Waals surface area contributed by atoms with Gasteiger partial charge in [-0.25, -0.2) is 0 Å². The Morgan fingerprint density at radius 1 is 1.15 bits per heavy atom. The highest BCUT2D eigenvalue weighted by Gasteiger charge is 2.13. The van der Waals surface area contributed by atoms with Gasteiger partial charge in [-0.05, 0) is 23.1 Å². The van der Waals surface area contributed by atoms with E-state index in [9.17, 15) is 0 Å². The molecule has 0 unspecified atom stereocenters. The van der Waals surface area contributed by atoms with Crippen LogP contribution >= 0.6 is 15.9 Å². The van der Waals surface area contributed by atoms with E-state index in [1.807, 2.05) is 0 Å². The zero-order valence-electron chi connectivity index (χ0n) is 6.97. The predicted octanol–water partition coefficient (Wildman–Crippen LogP) is 3.53. The zero-order chi connectivity index (χ0) is 8.84. The molecule has 1 aliphatic rings. The standard InChI is InChI=1S/C11H8BrN/c12-9-4-5-10-11-7(6-13-10)2-1-3-8(9)11/h1-5,13H,6H2. The van der Waals surface area contributed by atoms with E-state index >= 15 is 0 Å². The first kappa shape index (κ1) is 7.39. The molecule has 13 heavy (non-hydrogen) atoms. The number of hydrogen-bond acceptors (Lipinski definition) is 1. The molecular formula is C11H8BrN. The van der Waals surface area contributed by atoms with Gasteiger partial charge in [0, 0.05) is 22.1 Å². The molecule has 0 fully saturated rings. The van der Waals surface area contributed by atoms with E-state index < -0.39 is 0 Å². The largest absolute Gasteiger partial charge is 0.380 e. The topological polar surface area (TPSA) is 12.0 Å². The Morgan fingerprint density at radius 3 is 3.00 bits per heavy atom. The van der Waals surface area contributed by atoms with Crippen molar-refractivity contribution >= 4 is 32.4 Å². The molecule has 0 radical (unpaired) electrons. The van der Waals surface area contributed by atoms with Crippen LogP contribution < -0.4 is 5.32 Å². The molecule has 3 rings (SSSR count). The number of halogens is 1. The third-order valence-electron chi connectivity index (χ3n) is 2.54. The molecule has 0 bridgehead atoms. The molecule has 2 aromatic carbocycles. The highest BCUT2D eigenvalue weighted by Crippen LogP contribution is 2.36. The summed E-state index contributed by atoms with van der Waals surface area (Å²) in [6.07, 6.45) is 0. The Hall–Kier alpha value is -1.02. The first-order valence-electron chi connectivity index (χ1n) is 4.30. The van der Waals surface area contributed by atoms with E-state index in [4.69, 9.17) is 0 Å². The SMILES string of the molecule is Brc1ccc2c3c(cccc13)CN2. The van der Waals surface area contributed by atoms with Crippen LogP contribution in [-0.4, -0.2) is 0 Å². The second-order valence-corrected chi connectivity index (χ2v) is 4.14. The Balaban J connectivity index is 2.58. The van der Waals surface area contributed by atoms with E-state index in [-0.39, 0.29) is 0 Å². The van der Waals surface area contributed by atoms with Gasteiger partial charge in [-0.3, -0.25) is 0 Å². The lowest BCUT2D eigenvalue weighted by atomic mass is 10.1. The minimum Gasteiger partial charge on any atom is -0.380 e. The van der Waals surface area contributed by atoms with E-state index in [0.29, 0.717) is 0 Å². The van der Waals surface area contributed by atoms with Crippen LogP contribution in [0, 0.1) is 0 Å². The summed E-state index contributed by atoms with van der Waals surface area (Å²) in [5.41, 5.74) is 2.66. The van der Waals surface area contributed by atoms with E-state index in [2.05, 4.69) is 51.6 Å². The molecule has 0 atom stereocenters. The van der Waals surface area contributed by atoms with Gasteiger partial charge < -0.3 is 5.32 Å². The molecular weight excluding hydrogens is 226 g/mol. The fraction of sp³-hybridized carbons (Fsp3) is 0.0909. The van der Waals surface area contributed by atoms with Crippen LogP contribution in [0.4, 0.5) is 5.69 Å². The van der Waals surface area contributed by atoms with Gasteiger partial charge in [0.25, 0.3) is 0 Å². The third-order valence-corrected chi connectivity index (χ3v) is 3.23. The summed E-state index contributed by atoms with van der Waals surface area (Å²) in [5.74, 6) is 0. The molecule has 64 valence electrons. The molecule has 0 saturated carbocycles. The summed E-state index contributed by atoms with van der Waals surface area (Å²) in [4.78, 5) is 0. The highest BCUT2D eigenvalue weighted by molar-refractivity contribution is 9.10. The van der Waals surface area contributed by atoms with E-state index in [0.717, 1.165) is 6.54 Å². The van der Waals surface area contributed by atoms with Crippen molar-refractivity contribution in [3.8, 4) is 0 Å². The monoisotopic (exact) mass is 233 g/mol. The van der Waals surface area contributed by atoms with Gasteiger partial charge in [0.05, 0.1) is 0 Å². The fourth-order valence-electron chi connectivity index (χ4n) is 1.93. The van der Waals surface area contributed by atoms with Crippen LogP contribution in [0.5, 0.6) is 0 Å². The second-order valence-electron chi connectivity index (χ2n) is 3.29. The first-order valence-corrected chi connectivity index (χ1v) is 5.09. The Morgan fingerprint density at radius 2 is 2.08 bits per heavy atom. The van der Waals surface area contributed by atoms with E-state index in [1.165, 1.54) is 26.5 Å².